The lowest BCUT2D eigenvalue weighted by Crippen LogP contribution is -2.14. The zero-order valence-electron chi connectivity index (χ0n) is 11.8. The van der Waals surface area contributed by atoms with Crippen LogP contribution in [-0.2, 0) is 17.6 Å². The fourth-order valence-corrected chi connectivity index (χ4v) is 2.58. The number of benzene rings is 1. The number of nitro groups is 1. The smallest absolute Gasteiger partial charge is 0.274 e. The van der Waals surface area contributed by atoms with Crippen LogP contribution in [0.2, 0.25) is 0 Å². The first-order valence-electron chi connectivity index (χ1n) is 6.47. The number of thiazole rings is 1. The van der Waals surface area contributed by atoms with E-state index in [0.717, 1.165) is 5.01 Å². The van der Waals surface area contributed by atoms with Gasteiger partial charge in [-0.05, 0) is 19.4 Å². The zero-order chi connectivity index (χ0) is 15.4. The van der Waals surface area contributed by atoms with E-state index in [0.29, 0.717) is 23.4 Å². The first kappa shape index (κ1) is 15.1. The van der Waals surface area contributed by atoms with Crippen LogP contribution < -0.4 is 5.32 Å². The van der Waals surface area contributed by atoms with Gasteiger partial charge in [-0.2, -0.15) is 0 Å². The average molecular weight is 305 g/mol. The van der Waals surface area contributed by atoms with Crippen LogP contribution in [-0.4, -0.2) is 15.8 Å². The molecule has 0 atom stereocenters. The summed E-state index contributed by atoms with van der Waals surface area (Å²) in [6, 6.07) is 4.74. The third-order valence-electron chi connectivity index (χ3n) is 2.95. The molecule has 0 fully saturated rings. The molecule has 7 heteroatoms. The Hall–Kier alpha value is -2.28. The van der Waals surface area contributed by atoms with Crippen molar-refractivity contribution in [2.75, 3.05) is 5.32 Å². The van der Waals surface area contributed by atoms with Crippen molar-refractivity contribution in [2.45, 2.75) is 26.7 Å². The van der Waals surface area contributed by atoms with E-state index >= 15 is 0 Å². The van der Waals surface area contributed by atoms with Crippen LogP contribution in [0.3, 0.4) is 0 Å². The number of aromatic nitrogens is 1. The SMILES string of the molecule is CCc1ccc(NC(=O)Cc2csc(C)n2)cc1[N+](=O)[O-]. The van der Waals surface area contributed by atoms with Crippen molar-refractivity contribution >= 4 is 28.6 Å². The number of hydrogen-bond donors (Lipinski definition) is 1. The highest BCUT2D eigenvalue weighted by molar-refractivity contribution is 7.09. The zero-order valence-corrected chi connectivity index (χ0v) is 12.6. The number of carbonyl (C=O) groups is 1. The average Bonchev–Trinajstić information content (AvgIpc) is 2.83. The van der Waals surface area contributed by atoms with Gasteiger partial charge in [0.25, 0.3) is 5.69 Å². The second-order valence-electron chi connectivity index (χ2n) is 4.54. The van der Waals surface area contributed by atoms with Crippen LogP contribution in [0.1, 0.15) is 23.2 Å². The molecule has 1 heterocycles. The molecule has 0 spiro atoms. The predicted molar refractivity (Wildman–Crippen MR) is 81.7 cm³/mol. The highest BCUT2D eigenvalue weighted by atomic mass is 32.1. The summed E-state index contributed by atoms with van der Waals surface area (Å²) in [5, 5.41) is 16.4. The van der Waals surface area contributed by atoms with Crippen LogP contribution >= 0.6 is 11.3 Å². The summed E-state index contributed by atoms with van der Waals surface area (Å²) in [5.41, 5.74) is 1.80. The summed E-state index contributed by atoms with van der Waals surface area (Å²) in [5.74, 6) is -0.237. The predicted octanol–water partition coefficient (Wildman–Crippen LogP) is 3.10. The number of nitrogens with one attached hydrogen (secondary N) is 1. The molecule has 110 valence electrons. The van der Waals surface area contributed by atoms with Gasteiger partial charge >= 0.3 is 0 Å². The molecular weight excluding hydrogens is 290 g/mol. The molecule has 6 nitrogen and oxygen atoms in total. The third-order valence-corrected chi connectivity index (χ3v) is 3.78. The summed E-state index contributed by atoms with van der Waals surface area (Å²) >= 11 is 1.48. The van der Waals surface area contributed by atoms with E-state index in [2.05, 4.69) is 10.3 Å². The molecule has 0 aliphatic heterocycles. The lowest BCUT2D eigenvalue weighted by atomic mass is 10.1. The van der Waals surface area contributed by atoms with Gasteiger partial charge in [-0.3, -0.25) is 14.9 Å². The van der Waals surface area contributed by atoms with Gasteiger partial charge in [0.1, 0.15) is 0 Å². The van der Waals surface area contributed by atoms with E-state index < -0.39 is 4.92 Å². The molecule has 0 aliphatic rings. The number of nitro benzene ring substituents is 1. The fraction of sp³-hybridized carbons (Fsp3) is 0.286. The molecule has 2 rings (SSSR count). The van der Waals surface area contributed by atoms with E-state index in [1.807, 2.05) is 19.2 Å². The van der Waals surface area contributed by atoms with Crippen molar-refractivity contribution in [3.63, 3.8) is 0 Å². The van der Waals surface area contributed by atoms with E-state index in [9.17, 15) is 14.9 Å². The molecule has 1 aromatic carbocycles. The van der Waals surface area contributed by atoms with Crippen LogP contribution in [0.5, 0.6) is 0 Å². The van der Waals surface area contributed by atoms with Crippen molar-refractivity contribution in [3.8, 4) is 0 Å². The van der Waals surface area contributed by atoms with E-state index in [1.54, 1.807) is 12.1 Å². The Morgan fingerprint density at radius 2 is 2.24 bits per heavy atom. The molecule has 0 bridgehead atoms. The Labute approximate surface area is 126 Å². The highest BCUT2D eigenvalue weighted by Crippen LogP contribution is 2.23. The maximum Gasteiger partial charge on any atom is 0.274 e. The van der Waals surface area contributed by atoms with Gasteiger partial charge in [-0.1, -0.05) is 13.0 Å². The van der Waals surface area contributed by atoms with Crippen LogP contribution in [0.4, 0.5) is 11.4 Å². The highest BCUT2D eigenvalue weighted by Gasteiger charge is 2.14. The number of carbonyl (C=O) groups excluding carboxylic acids is 1. The maximum atomic E-state index is 11.9. The van der Waals surface area contributed by atoms with Gasteiger partial charge in [-0.25, -0.2) is 4.98 Å². The Balaban J connectivity index is 2.10. The normalized spacial score (nSPS) is 10.4. The van der Waals surface area contributed by atoms with E-state index in [4.69, 9.17) is 0 Å². The van der Waals surface area contributed by atoms with Crippen molar-refractivity contribution < 1.29 is 9.72 Å². The molecule has 0 saturated heterocycles. The first-order chi connectivity index (χ1) is 9.99. The van der Waals surface area contributed by atoms with Crippen LogP contribution in [0.25, 0.3) is 0 Å². The standard InChI is InChI=1S/C14H15N3O3S/c1-3-10-4-5-11(6-13(10)17(19)20)16-14(18)7-12-8-21-9(2)15-12/h4-6,8H,3,7H2,1-2H3,(H,16,18). The molecule has 0 radical (unpaired) electrons. The minimum Gasteiger partial charge on any atom is -0.325 e. The van der Waals surface area contributed by atoms with Crippen molar-refractivity contribution in [1.29, 1.82) is 0 Å². The number of nitrogens with zero attached hydrogens (tertiary/aromatic N) is 2. The Bertz CT molecular complexity index is 682. The summed E-state index contributed by atoms with van der Waals surface area (Å²) in [6.45, 7) is 3.73. The molecule has 21 heavy (non-hydrogen) atoms. The van der Waals surface area contributed by atoms with Crippen molar-refractivity contribution in [2.24, 2.45) is 0 Å². The van der Waals surface area contributed by atoms with Gasteiger partial charge in [0.05, 0.1) is 22.0 Å². The second-order valence-corrected chi connectivity index (χ2v) is 5.60. The Morgan fingerprint density at radius 1 is 1.48 bits per heavy atom. The fourth-order valence-electron chi connectivity index (χ4n) is 1.97. The molecule has 2 aromatic rings. The number of hydrogen-bond acceptors (Lipinski definition) is 5. The largest absolute Gasteiger partial charge is 0.325 e. The summed E-state index contributed by atoms with van der Waals surface area (Å²) < 4.78 is 0. The van der Waals surface area contributed by atoms with Gasteiger partial charge in [0, 0.05) is 22.7 Å². The molecule has 1 aromatic heterocycles. The third kappa shape index (κ3) is 3.85. The topological polar surface area (TPSA) is 85.1 Å². The van der Waals surface area contributed by atoms with Crippen LogP contribution in [0.15, 0.2) is 23.6 Å². The lowest BCUT2D eigenvalue weighted by molar-refractivity contribution is -0.385. The quantitative estimate of drug-likeness (QED) is 0.679. The molecule has 0 aliphatic carbocycles. The van der Waals surface area contributed by atoms with E-state index in [1.165, 1.54) is 17.4 Å². The Morgan fingerprint density at radius 3 is 2.81 bits per heavy atom. The molecule has 1 N–H and O–H groups in total. The first-order valence-corrected chi connectivity index (χ1v) is 7.35. The van der Waals surface area contributed by atoms with Gasteiger partial charge in [0.15, 0.2) is 0 Å². The molecular formula is C14H15N3O3S. The monoisotopic (exact) mass is 305 g/mol. The summed E-state index contributed by atoms with van der Waals surface area (Å²) in [6.07, 6.45) is 0.732. The molecule has 1 amide bonds. The van der Waals surface area contributed by atoms with Gasteiger partial charge in [-0.15, -0.1) is 11.3 Å². The van der Waals surface area contributed by atoms with Crippen molar-refractivity contribution in [1.82, 2.24) is 4.98 Å². The summed E-state index contributed by atoms with van der Waals surface area (Å²) in [7, 11) is 0. The van der Waals surface area contributed by atoms with Crippen molar-refractivity contribution in [3.05, 3.63) is 50.0 Å². The molecule has 0 saturated carbocycles. The van der Waals surface area contributed by atoms with E-state index in [-0.39, 0.29) is 18.0 Å². The Kier molecular flexibility index (Phi) is 4.64. The minimum atomic E-state index is -0.432. The second kappa shape index (κ2) is 6.45. The minimum absolute atomic E-state index is 0.0276. The summed E-state index contributed by atoms with van der Waals surface area (Å²) in [4.78, 5) is 26.7. The van der Waals surface area contributed by atoms with Crippen LogP contribution in [0, 0.1) is 17.0 Å². The number of anilines is 1. The van der Waals surface area contributed by atoms with Gasteiger partial charge in [0.2, 0.25) is 5.91 Å². The number of aryl methyl sites for hydroxylation is 2. The lowest BCUT2D eigenvalue weighted by Gasteiger charge is -2.06. The maximum absolute atomic E-state index is 11.9. The number of amides is 1. The number of rotatable bonds is 5. The van der Waals surface area contributed by atoms with Gasteiger partial charge < -0.3 is 5.32 Å². The molecule has 0 unspecified atom stereocenters.